The molecule has 0 atom stereocenters. The molecule has 2 heterocycles. The smallest absolute Gasteiger partial charge is 0.370 e. The number of anilines is 2. The fraction of sp³-hybridized carbons (Fsp3) is 0.455. The zero-order chi connectivity index (χ0) is 20.7. The number of alkyl halides is 3. The molecule has 1 amide bonds. The van der Waals surface area contributed by atoms with Gasteiger partial charge < -0.3 is 10.6 Å². The van der Waals surface area contributed by atoms with Gasteiger partial charge in [-0.3, -0.25) is 4.79 Å². The van der Waals surface area contributed by atoms with Crippen LogP contribution in [0.3, 0.4) is 0 Å². The van der Waals surface area contributed by atoms with Gasteiger partial charge in [-0.25, -0.2) is 4.98 Å². The third kappa shape index (κ3) is 6.76. The molecule has 156 valence electrons. The molecule has 1 aliphatic heterocycles. The van der Waals surface area contributed by atoms with E-state index in [1.54, 1.807) is 24.3 Å². The van der Waals surface area contributed by atoms with Gasteiger partial charge in [0.05, 0.1) is 0 Å². The highest BCUT2D eigenvalue weighted by molar-refractivity contribution is 5.91. The van der Waals surface area contributed by atoms with E-state index >= 15 is 0 Å². The molecule has 0 saturated carbocycles. The van der Waals surface area contributed by atoms with Gasteiger partial charge >= 0.3 is 6.18 Å². The molecule has 0 aliphatic carbocycles. The molecule has 0 radical (unpaired) electrons. The second-order valence-electron chi connectivity index (χ2n) is 7.37. The van der Waals surface area contributed by atoms with Crippen molar-refractivity contribution in [3.05, 3.63) is 53.2 Å². The monoisotopic (exact) mass is 405 g/mol. The van der Waals surface area contributed by atoms with Crippen LogP contribution in [0.5, 0.6) is 0 Å². The van der Waals surface area contributed by atoms with Crippen molar-refractivity contribution in [3.8, 4) is 0 Å². The molecule has 2 aromatic rings. The van der Waals surface area contributed by atoms with E-state index in [1.165, 1.54) is 5.56 Å². The lowest BCUT2D eigenvalue weighted by atomic mass is 10.1. The van der Waals surface area contributed by atoms with Crippen molar-refractivity contribution in [1.82, 2.24) is 4.98 Å². The van der Waals surface area contributed by atoms with Gasteiger partial charge in [0.2, 0.25) is 5.91 Å². The molecule has 2 N–H and O–H groups in total. The SMILES string of the molecule is O=C(CCCCc1ccc2c(n1)NCCC2)Nc1ccccc1CCC(F)(F)F. The predicted molar refractivity (Wildman–Crippen MR) is 108 cm³/mol. The Labute approximate surface area is 168 Å². The number of benzene rings is 1. The van der Waals surface area contributed by atoms with E-state index in [4.69, 9.17) is 0 Å². The molecule has 0 fully saturated rings. The average Bonchev–Trinajstić information content (AvgIpc) is 2.70. The highest BCUT2D eigenvalue weighted by Gasteiger charge is 2.27. The van der Waals surface area contributed by atoms with E-state index in [2.05, 4.69) is 21.7 Å². The Morgan fingerprint density at radius 2 is 1.93 bits per heavy atom. The fourth-order valence-corrected chi connectivity index (χ4v) is 3.45. The minimum Gasteiger partial charge on any atom is -0.370 e. The number of carbonyl (C=O) groups excluding carboxylic acids is 1. The average molecular weight is 405 g/mol. The normalized spacial score (nSPS) is 13.5. The molecule has 7 heteroatoms. The molecule has 0 spiro atoms. The number of para-hydroxylation sites is 1. The first-order valence-electron chi connectivity index (χ1n) is 10.1. The zero-order valence-corrected chi connectivity index (χ0v) is 16.3. The minimum absolute atomic E-state index is 0.141. The fourth-order valence-electron chi connectivity index (χ4n) is 3.45. The summed E-state index contributed by atoms with van der Waals surface area (Å²) in [6.07, 6.45) is -0.417. The van der Waals surface area contributed by atoms with Crippen molar-refractivity contribution in [1.29, 1.82) is 0 Å². The maximum absolute atomic E-state index is 12.5. The van der Waals surface area contributed by atoms with Crippen LogP contribution < -0.4 is 10.6 Å². The number of rotatable bonds is 8. The molecule has 1 aromatic carbocycles. The van der Waals surface area contributed by atoms with Gasteiger partial charge in [-0.1, -0.05) is 24.3 Å². The lowest BCUT2D eigenvalue weighted by Crippen LogP contribution is -2.15. The van der Waals surface area contributed by atoms with Gasteiger partial charge in [-0.05, 0) is 61.8 Å². The molecule has 1 aromatic heterocycles. The second kappa shape index (κ2) is 9.76. The van der Waals surface area contributed by atoms with Gasteiger partial charge in [-0.15, -0.1) is 0 Å². The number of amides is 1. The number of halogens is 3. The number of aromatic nitrogens is 1. The van der Waals surface area contributed by atoms with Crippen LogP contribution in [0.1, 0.15) is 48.9 Å². The van der Waals surface area contributed by atoms with E-state index in [-0.39, 0.29) is 12.3 Å². The van der Waals surface area contributed by atoms with E-state index in [0.717, 1.165) is 43.7 Å². The van der Waals surface area contributed by atoms with Gasteiger partial charge in [0.25, 0.3) is 0 Å². The zero-order valence-electron chi connectivity index (χ0n) is 16.3. The number of pyridine rings is 1. The molecule has 0 saturated heterocycles. The van der Waals surface area contributed by atoms with Gasteiger partial charge in [0.1, 0.15) is 5.82 Å². The van der Waals surface area contributed by atoms with Crippen LogP contribution in [0.2, 0.25) is 0 Å². The standard InChI is InChI=1S/C22H26F3N3O/c23-22(24,25)14-13-16-6-1-3-9-19(16)28-20(29)10-4-2-8-18-12-11-17-7-5-15-26-21(17)27-18/h1,3,6,9,11-12H,2,4-5,7-8,10,13-15H2,(H,26,27)(H,28,29). The number of carbonyl (C=O) groups is 1. The van der Waals surface area contributed by atoms with Crippen LogP contribution in [0.15, 0.2) is 36.4 Å². The van der Waals surface area contributed by atoms with Crippen LogP contribution in [-0.2, 0) is 24.1 Å². The largest absolute Gasteiger partial charge is 0.389 e. The molecule has 0 bridgehead atoms. The summed E-state index contributed by atoms with van der Waals surface area (Å²) in [5.41, 5.74) is 3.23. The second-order valence-corrected chi connectivity index (χ2v) is 7.37. The van der Waals surface area contributed by atoms with Crippen LogP contribution in [0.4, 0.5) is 24.7 Å². The number of hydrogen-bond acceptors (Lipinski definition) is 3. The van der Waals surface area contributed by atoms with E-state index in [0.29, 0.717) is 24.1 Å². The number of hydrogen-bond donors (Lipinski definition) is 2. The third-order valence-corrected chi connectivity index (χ3v) is 5.01. The van der Waals surface area contributed by atoms with E-state index < -0.39 is 12.6 Å². The van der Waals surface area contributed by atoms with Crippen molar-refractivity contribution < 1.29 is 18.0 Å². The Morgan fingerprint density at radius 3 is 2.76 bits per heavy atom. The Morgan fingerprint density at radius 1 is 1.10 bits per heavy atom. The van der Waals surface area contributed by atoms with Crippen LogP contribution >= 0.6 is 0 Å². The predicted octanol–water partition coefficient (Wildman–Crippen LogP) is 5.29. The summed E-state index contributed by atoms with van der Waals surface area (Å²) >= 11 is 0. The first-order chi connectivity index (χ1) is 13.9. The number of fused-ring (bicyclic) bond motifs is 1. The van der Waals surface area contributed by atoms with Crippen LogP contribution in [0, 0.1) is 0 Å². The summed E-state index contributed by atoms with van der Waals surface area (Å²) in [5.74, 6) is 0.798. The van der Waals surface area contributed by atoms with Gasteiger partial charge in [-0.2, -0.15) is 13.2 Å². The summed E-state index contributed by atoms with van der Waals surface area (Å²) in [5, 5.41) is 6.07. The molecule has 1 aliphatic rings. The summed E-state index contributed by atoms with van der Waals surface area (Å²) in [6.45, 7) is 0.952. The lowest BCUT2D eigenvalue weighted by molar-refractivity contribution is -0.133. The summed E-state index contributed by atoms with van der Waals surface area (Å²) < 4.78 is 37.4. The van der Waals surface area contributed by atoms with Crippen LogP contribution in [0.25, 0.3) is 0 Å². The molecular weight excluding hydrogens is 379 g/mol. The first-order valence-corrected chi connectivity index (χ1v) is 10.1. The maximum Gasteiger partial charge on any atom is 0.389 e. The van der Waals surface area contributed by atoms with E-state index in [9.17, 15) is 18.0 Å². The quantitative estimate of drug-likeness (QED) is 0.587. The molecular formula is C22H26F3N3O. The Kier molecular flexibility index (Phi) is 7.12. The molecule has 29 heavy (non-hydrogen) atoms. The van der Waals surface area contributed by atoms with Gasteiger partial charge in [0, 0.05) is 30.8 Å². The van der Waals surface area contributed by atoms with E-state index in [1.807, 2.05) is 6.07 Å². The van der Waals surface area contributed by atoms with Crippen molar-refractivity contribution in [2.45, 2.75) is 57.5 Å². The van der Waals surface area contributed by atoms with Crippen molar-refractivity contribution in [2.24, 2.45) is 0 Å². The van der Waals surface area contributed by atoms with Crippen molar-refractivity contribution >= 4 is 17.4 Å². The third-order valence-electron chi connectivity index (χ3n) is 5.01. The Bertz CT molecular complexity index is 836. The minimum atomic E-state index is -4.21. The van der Waals surface area contributed by atoms with Crippen molar-refractivity contribution in [3.63, 3.8) is 0 Å². The van der Waals surface area contributed by atoms with Crippen LogP contribution in [-0.4, -0.2) is 23.6 Å². The summed E-state index contributed by atoms with van der Waals surface area (Å²) in [4.78, 5) is 16.9. The molecule has 0 unspecified atom stereocenters. The van der Waals surface area contributed by atoms with Gasteiger partial charge in [0.15, 0.2) is 0 Å². The molecule has 4 nitrogen and oxygen atoms in total. The molecule has 3 rings (SSSR count). The summed E-state index contributed by atoms with van der Waals surface area (Å²) in [7, 11) is 0. The Balaban J connectivity index is 1.43. The number of nitrogens with one attached hydrogen (secondary N) is 2. The first kappa shape index (κ1) is 21.1. The highest BCUT2D eigenvalue weighted by atomic mass is 19.4. The topological polar surface area (TPSA) is 54.0 Å². The maximum atomic E-state index is 12.5. The summed E-state index contributed by atoms with van der Waals surface area (Å²) in [6, 6.07) is 10.8. The van der Waals surface area contributed by atoms with Crippen molar-refractivity contribution in [2.75, 3.05) is 17.2 Å². The Hall–Kier alpha value is -2.57. The number of aryl methyl sites for hydroxylation is 3. The lowest BCUT2D eigenvalue weighted by Gasteiger charge is -2.17. The number of unbranched alkanes of at least 4 members (excludes halogenated alkanes) is 1. The number of nitrogens with zero attached hydrogens (tertiary/aromatic N) is 1. The highest BCUT2D eigenvalue weighted by Crippen LogP contribution is 2.25.